The molecule has 1 fully saturated rings. The molecule has 1 aliphatic rings. The van der Waals surface area contributed by atoms with Crippen LogP contribution >= 0.6 is 11.3 Å². The molecule has 0 saturated heterocycles. The normalized spacial score (nSPS) is 17.0. The molecule has 0 bridgehead atoms. The van der Waals surface area contributed by atoms with E-state index in [4.69, 9.17) is 0 Å². The van der Waals surface area contributed by atoms with Crippen molar-refractivity contribution in [1.82, 2.24) is 10.3 Å². The van der Waals surface area contributed by atoms with Gasteiger partial charge in [0.05, 0.1) is 10.7 Å². The number of nitrogens with zero attached hydrogens (tertiary/aromatic N) is 1. The summed E-state index contributed by atoms with van der Waals surface area (Å²) >= 11 is 1.70. The standard InChI is InChI=1S/C10H14N2S/c1-8-12-10(7-13-8)3-2-6-11-9-4-5-9/h2-3,7,9,11H,4-6H2,1H3. The first-order valence-electron chi connectivity index (χ1n) is 4.66. The van der Waals surface area contributed by atoms with Crippen LogP contribution in [-0.4, -0.2) is 17.6 Å². The average molecular weight is 194 g/mol. The third-order valence-corrected chi connectivity index (χ3v) is 2.82. The zero-order valence-electron chi connectivity index (χ0n) is 7.79. The minimum atomic E-state index is 0.793. The van der Waals surface area contributed by atoms with Crippen LogP contribution in [0.2, 0.25) is 0 Å². The molecule has 70 valence electrons. The summed E-state index contributed by atoms with van der Waals surface area (Å²) in [4.78, 5) is 4.35. The Morgan fingerprint density at radius 2 is 2.54 bits per heavy atom. The first-order chi connectivity index (χ1) is 6.34. The van der Waals surface area contributed by atoms with E-state index in [-0.39, 0.29) is 0 Å². The van der Waals surface area contributed by atoms with E-state index in [9.17, 15) is 0 Å². The van der Waals surface area contributed by atoms with Crippen LogP contribution in [0.5, 0.6) is 0 Å². The van der Waals surface area contributed by atoms with E-state index in [1.807, 2.05) is 6.92 Å². The molecule has 0 spiro atoms. The largest absolute Gasteiger partial charge is 0.311 e. The zero-order chi connectivity index (χ0) is 9.10. The molecule has 0 aliphatic heterocycles. The summed E-state index contributed by atoms with van der Waals surface area (Å²) in [5.74, 6) is 0. The molecular formula is C10H14N2S. The van der Waals surface area contributed by atoms with Gasteiger partial charge in [0.15, 0.2) is 0 Å². The Morgan fingerprint density at radius 3 is 3.15 bits per heavy atom. The second kappa shape index (κ2) is 4.03. The number of hydrogen-bond acceptors (Lipinski definition) is 3. The maximum atomic E-state index is 4.35. The molecule has 0 amide bonds. The van der Waals surface area contributed by atoms with Crippen LogP contribution in [0.3, 0.4) is 0 Å². The fourth-order valence-corrected chi connectivity index (χ4v) is 1.74. The molecule has 0 atom stereocenters. The van der Waals surface area contributed by atoms with Gasteiger partial charge in [-0.05, 0) is 25.8 Å². The summed E-state index contributed by atoms with van der Waals surface area (Å²) in [6, 6.07) is 0.793. The van der Waals surface area contributed by atoms with Gasteiger partial charge in [0.1, 0.15) is 0 Å². The van der Waals surface area contributed by atoms with Crippen LogP contribution < -0.4 is 5.32 Å². The summed E-state index contributed by atoms with van der Waals surface area (Å²) in [5, 5.41) is 6.64. The van der Waals surface area contributed by atoms with Crippen molar-refractivity contribution in [3.63, 3.8) is 0 Å². The Labute approximate surface area is 82.7 Å². The van der Waals surface area contributed by atoms with Gasteiger partial charge in [-0.1, -0.05) is 6.08 Å². The van der Waals surface area contributed by atoms with E-state index >= 15 is 0 Å². The van der Waals surface area contributed by atoms with Crippen LogP contribution in [0.1, 0.15) is 23.5 Å². The Kier molecular flexibility index (Phi) is 2.76. The smallest absolute Gasteiger partial charge is 0.0901 e. The lowest BCUT2D eigenvalue weighted by Crippen LogP contribution is -2.15. The van der Waals surface area contributed by atoms with Crippen molar-refractivity contribution < 1.29 is 0 Å². The van der Waals surface area contributed by atoms with Gasteiger partial charge in [0, 0.05) is 18.0 Å². The van der Waals surface area contributed by atoms with E-state index in [1.54, 1.807) is 11.3 Å². The number of hydrogen-bond donors (Lipinski definition) is 1. The summed E-state index contributed by atoms with van der Waals surface area (Å²) in [5.41, 5.74) is 1.08. The fourth-order valence-electron chi connectivity index (χ4n) is 1.16. The number of thiazole rings is 1. The van der Waals surface area contributed by atoms with Crippen LogP contribution in [0, 0.1) is 6.92 Å². The lowest BCUT2D eigenvalue weighted by Gasteiger charge is -1.93. The summed E-state index contributed by atoms with van der Waals surface area (Å²) in [6.07, 6.45) is 6.93. The van der Waals surface area contributed by atoms with E-state index < -0.39 is 0 Å². The molecule has 2 rings (SSSR count). The van der Waals surface area contributed by atoms with E-state index in [0.717, 1.165) is 23.3 Å². The summed E-state index contributed by atoms with van der Waals surface area (Å²) in [6.45, 7) is 3.01. The Hall–Kier alpha value is -0.670. The molecule has 2 nitrogen and oxygen atoms in total. The van der Waals surface area contributed by atoms with Crippen LogP contribution in [-0.2, 0) is 0 Å². The van der Waals surface area contributed by atoms with Gasteiger partial charge in [-0.2, -0.15) is 0 Å². The maximum absolute atomic E-state index is 4.35. The molecule has 1 aliphatic carbocycles. The highest BCUT2D eigenvalue weighted by Crippen LogP contribution is 2.18. The van der Waals surface area contributed by atoms with Gasteiger partial charge < -0.3 is 5.32 Å². The minimum Gasteiger partial charge on any atom is -0.311 e. The summed E-state index contributed by atoms with van der Waals surface area (Å²) < 4.78 is 0. The second-order valence-corrected chi connectivity index (χ2v) is 4.44. The van der Waals surface area contributed by atoms with Crippen LogP contribution in [0.15, 0.2) is 11.5 Å². The van der Waals surface area contributed by atoms with Gasteiger partial charge in [0.2, 0.25) is 0 Å². The number of rotatable bonds is 4. The molecule has 0 radical (unpaired) electrons. The van der Waals surface area contributed by atoms with Crippen molar-refractivity contribution in [2.24, 2.45) is 0 Å². The summed E-state index contributed by atoms with van der Waals surface area (Å²) in [7, 11) is 0. The lowest BCUT2D eigenvalue weighted by atomic mass is 10.4. The number of nitrogens with one attached hydrogen (secondary N) is 1. The highest BCUT2D eigenvalue weighted by Gasteiger charge is 2.18. The Balaban J connectivity index is 1.75. The Bertz CT molecular complexity index is 300. The SMILES string of the molecule is Cc1nc(C=CCNC2CC2)cs1. The number of aromatic nitrogens is 1. The number of aryl methyl sites for hydroxylation is 1. The lowest BCUT2D eigenvalue weighted by molar-refractivity contribution is 0.754. The average Bonchev–Trinajstić information content (AvgIpc) is 2.84. The first kappa shape index (κ1) is 8.91. The molecule has 1 aromatic rings. The zero-order valence-corrected chi connectivity index (χ0v) is 8.60. The predicted octanol–water partition coefficient (Wildman–Crippen LogP) is 2.22. The van der Waals surface area contributed by atoms with Gasteiger partial charge in [-0.25, -0.2) is 4.98 Å². The van der Waals surface area contributed by atoms with Crippen molar-refractivity contribution in [3.05, 3.63) is 22.2 Å². The van der Waals surface area contributed by atoms with Crippen molar-refractivity contribution in [3.8, 4) is 0 Å². The minimum absolute atomic E-state index is 0.793. The molecule has 1 aromatic heterocycles. The molecule has 0 unspecified atom stereocenters. The van der Waals surface area contributed by atoms with E-state index in [2.05, 4.69) is 27.8 Å². The highest BCUT2D eigenvalue weighted by atomic mass is 32.1. The van der Waals surface area contributed by atoms with E-state index in [1.165, 1.54) is 12.8 Å². The third kappa shape index (κ3) is 2.94. The topological polar surface area (TPSA) is 24.9 Å². The third-order valence-electron chi connectivity index (χ3n) is 2.03. The van der Waals surface area contributed by atoms with Gasteiger partial charge in [0.25, 0.3) is 0 Å². The van der Waals surface area contributed by atoms with Crippen molar-refractivity contribution >= 4 is 17.4 Å². The fraction of sp³-hybridized carbons (Fsp3) is 0.500. The molecule has 1 N–H and O–H groups in total. The molecule has 3 heteroatoms. The van der Waals surface area contributed by atoms with Gasteiger partial charge >= 0.3 is 0 Å². The highest BCUT2D eigenvalue weighted by molar-refractivity contribution is 7.09. The van der Waals surface area contributed by atoms with Crippen LogP contribution in [0.4, 0.5) is 0 Å². The van der Waals surface area contributed by atoms with E-state index in [0.29, 0.717) is 0 Å². The second-order valence-electron chi connectivity index (χ2n) is 3.38. The first-order valence-corrected chi connectivity index (χ1v) is 5.54. The molecule has 1 heterocycles. The molecule has 1 saturated carbocycles. The van der Waals surface area contributed by atoms with Crippen LogP contribution in [0.25, 0.3) is 6.08 Å². The predicted molar refractivity (Wildman–Crippen MR) is 56.9 cm³/mol. The van der Waals surface area contributed by atoms with Crippen molar-refractivity contribution in [1.29, 1.82) is 0 Å². The molecule has 13 heavy (non-hydrogen) atoms. The maximum Gasteiger partial charge on any atom is 0.0901 e. The van der Waals surface area contributed by atoms with Crippen molar-refractivity contribution in [2.45, 2.75) is 25.8 Å². The monoisotopic (exact) mass is 194 g/mol. The molecular weight excluding hydrogens is 180 g/mol. The van der Waals surface area contributed by atoms with Gasteiger partial charge in [-0.3, -0.25) is 0 Å². The molecule has 0 aromatic carbocycles. The van der Waals surface area contributed by atoms with Gasteiger partial charge in [-0.15, -0.1) is 11.3 Å². The van der Waals surface area contributed by atoms with Crippen molar-refractivity contribution in [2.75, 3.05) is 6.54 Å². The quantitative estimate of drug-likeness (QED) is 0.795. The Morgan fingerprint density at radius 1 is 1.69 bits per heavy atom.